The summed E-state index contributed by atoms with van der Waals surface area (Å²) in [6.07, 6.45) is 2.04. The van der Waals surface area contributed by atoms with Gasteiger partial charge in [0.2, 0.25) is 0 Å². The molecule has 19 heavy (non-hydrogen) atoms. The Hall–Kier alpha value is -2.10. The lowest BCUT2D eigenvalue weighted by molar-refractivity contribution is -0.143. The Morgan fingerprint density at radius 2 is 2.00 bits per heavy atom. The molecule has 0 aliphatic carbocycles. The van der Waals surface area contributed by atoms with Crippen molar-refractivity contribution in [3.63, 3.8) is 0 Å². The van der Waals surface area contributed by atoms with Crippen molar-refractivity contribution in [3.05, 3.63) is 41.5 Å². The Kier molecular flexibility index (Phi) is 3.69. The second-order valence-electron chi connectivity index (χ2n) is 4.80. The second-order valence-corrected chi connectivity index (χ2v) is 4.80. The lowest BCUT2D eigenvalue weighted by atomic mass is 10.1. The van der Waals surface area contributed by atoms with Crippen LogP contribution in [0.1, 0.15) is 19.4 Å². The van der Waals surface area contributed by atoms with Gasteiger partial charge < -0.3 is 4.74 Å². The predicted molar refractivity (Wildman–Crippen MR) is 72.9 cm³/mol. The second kappa shape index (κ2) is 5.26. The smallest absolute Gasteiger partial charge is 0.329 e. The molecule has 0 fully saturated rings. The first-order chi connectivity index (χ1) is 9.04. The van der Waals surface area contributed by atoms with Crippen molar-refractivity contribution in [1.82, 2.24) is 0 Å². The van der Waals surface area contributed by atoms with E-state index in [1.165, 1.54) is 18.1 Å². The van der Waals surface area contributed by atoms with E-state index in [4.69, 9.17) is 4.74 Å². The van der Waals surface area contributed by atoms with Crippen molar-refractivity contribution in [3.8, 4) is 0 Å². The third-order valence-electron chi connectivity index (χ3n) is 3.10. The Bertz CT molecular complexity index is 544. The van der Waals surface area contributed by atoms with E-state index in [0.717, 1.165) is 16.8 Å². The number of ether oxygens (including phenoxy) is 1. The third-order valence-corrected chi connectivity index (χ3v) is 3.10. The minimum Gasteiger partial charge on any atom is -0.467 e. The summed E-state index contributed by atoms with van der Waals surface area (Å²) in [5, 5.41) is 0. The Morgan fingerprint density at radius 1 is 1.32 bits per heavy atom. The number of fused-ring (bicyclic) bond motifs is 1. The van der Waals surface area contributed by atoms with Gasteiger partial charge in [-0.05, 0) is 25.5 Å². The maximum Gasteiger partial charge on any atom is 0.329 e. The highest BCUT2D eigenvalue weighted by Gasteiger charge is 2.38. The van der Waals surface area contributed by atoms with Gasteiger partial charge in [0.15, 0.2) is 0 Å². The highest BCUT2D eigenvalue weighted by Crippen LogP contribution is 2.32. The molecule has 1 amide bonds. The van der Waals surface area contributed by atoms with Gasteiger partial charge in [-0.2, -0.15) is 0 Å². The number of anilines is 1. The molecule has 1 heterocycles. The van der Waals surface area contributed by atoms with E-state index >= 15 is 0 Å². The first-order valence-corrected chi connectivity index (χ1v) is 6.18. The quantitative estimate of drug-likeness (QED) is 0.603. The van der Waals surface area contributed by atoms with Crippen LogP contribution in [0, 0.1) is 0 Å². The number of para-hydroxylation sites is 1. The minimum absolute atomic E-state index is 0.180. The van der Waals surface area contributed by atoms with Gasteiger partial charge in [0.1, 0.15) is 6.04 Å². The molecule has 0 spiro atoms. The highest BCUT2D eigenvalue weighted by molar-refractivity contribution is 6.07. The molecule has 0 saturated heterocycles. The third kappa shape index (κ3) is 2.52. The summed E-state index contributed by atoms with van der Waals surface area (Å²) in [6.45, 7) is 3.71. The summed E-state index contributed by atoms with van der Waals surface area (Å²) in [7, 11) is 1.34. The average molecular weight is 259 g/mol. The maximum absolute atomic E-state index is 12.3. The fourth-order valence-electron chi connectivity index (χ4n) is 2.30. The summed E-state index contributed by atoms with van der Waals surface area (Å²) in [6, 6.07) is 6.99. The number of nitrogens with zero attached hydrogens (tertiary/aromatic N) is 1. The standard InChI is InChI=1S/C15H17NO3/c1-10(2)8-14(17)16-12-7-5-4-6-11(12)9-13(16)15(18)19-3/h4-8,13H,9H2,1-3H3/t13-/m0/s1. The number of hydrogen-bond donors (Lipinski definition) is 0. The van der Waals surface area contributed by atoms with Crippen molar-refractivity contribution >= 4 is 17.6 Å². The zero-order chi connectivity index (χ0) is 14.0. The molecule has 0 unspecified atom stereocenters. The summed E-state index contributed by atoms with van der Waals surface area (Å²) in [5.74, 6) is -0.563. The number of rotatable bonds is 2. The summed E-state index contributed by atoms with van der Waals surface area (Å²) in [5.41, 5.74) is 2.69. The van der Waals surface area contributed by atoms with Crippen LogP contribution in [-0.4, -0.2) is 25.0 Å². The van der Waals surface area contributed by atoms with Crippen molar-refractivity contribution < 1.29 is 14.3 Å². The molecular weight excluding hydrogens is 242 g/mol. The van der Waals surface area contributed by atoms with Gasteiger partial charge in [0.25, 0.3) is 5.91 Å². The van der Waals surface area contributed by atoms with Crippen molar-refractivity contribution in [2.75, 3.05) is 12.0 Å². The number of hydrogen-bond acceptors (Lipinski definition) is 3. The van der Waals surface area contributed by atoms with Crippen LogP contribution in [0.4, 0.5) is 5.69 Å². The molecule has 4 nitrogen and oxygen atoms in total. The fraction of sp³-hybridized carbons (Fsp3) is 0.333. The van der Waals surface area contributed by atoms with Crippen LogP contribution in [0.5, 0.6) is 0 Å². The van der Waals surface area contributed by atoms with Crippen LogP contribution < -0.4 is 4.90 Å². The van der Waals surface area contributed by atoms with Gasteiger partial charge in [-0.15, -0.1) is 0 Å². The van der Waals surface area contributed by atoms with Crippen molar-refractivity contribution in [2.45, 2.75) is 26.3 Å². The number of amides is 1. The number of carbonyl (C=O) groups excluding carboxylic acids is 2. The van der Waals surface area contributed by atoms with Gasteiger partial charge in [-0.25, -0.2) is 4.79 Å². The lowest BCUT2D eigenvalue weighted by Gasteiger charge is -2.22. The van der Waals surface area contributed by atoms with Gasteiger partial charge in [0, 0.05) is 18.2 Å². The normalized spacial score (nSPS) is 16.8. The molecule has 0 N–H and O–H groups in total. The van der Waals surface area contributed by atoms with E-state index in [1.807, 2.05) is 38.1 Å². The summed E-state index contributed by atoms with van der Waals surface area (Å²) < 4.78 is 4.80. The zero-order valence-corrected chi connectivity index (χ0v) is 11.3. The minimum atomic E-state index is -0.564. The first-order valence-electron chi connectivity index (χ1n) is 6.18. The number of carbonyl (C=O) groups is 2. The van der Waals surface area contributed by atoms with E-state index in [0.29, 0.717) is 6.42 Å². The molecule has 0 saturated carbocycles. The van der Waals surface area contributed by atoms with Crippen LogP contribution >= 0.6 is 0 Å². The lowest BCUT2D eigenvalue weighted by Crippen LogP contribution is -2.42. The average Bonchev–Trinajstić information content (AvgIpc) is 2.76. The zero-order valence-electron chi connectivity index (χ0n) is 11.3. The highest BCUT2D eigenvalue weighted by atomic mass is 16.5. The molecule has 1 aromatic carbocycles. The monoisotopic (exact) mass is 259 g/mol. The molecule has 1 aromatic rings. The summed E-state index contributed by atoms with van der Waals surface area (Å²) >= 11 is 0. The molecule has 1 aliphatic heterocycles. The molecule has 2 rings (SSSR count). The van der Waals surface area contributed by atoms with Crippen molar-refractivity contribution in [1.29, 1.82) is 0 Å². The molecule has 0 radical (unpaired) electrons. The largest absolute Gasteiger partial charge is 0.467 e. The number of benzene rings is 1. The van der Waals surface area contributed by atoms with Gasteiger partial charge >= 0.3 is 5.97 Å². The van der Waals surface area contributed by atoms with Crippen LogP contribution in [-0.2, 0) is 20.7 Å². The Morgan fingerprint density at radius 3 is 2.63 bits per heavy atom. The molecule has 1 aliphatic rings. The Balaban J connectivity index is 2.42. The van der Waals surface area contributed by atoms with Gasteiger partial charge in [-0.1, -0.05) is 23.8 Å². The van der Waals surface area contributed by atoms with Gasteiger partial charge in [-0.3, -0.25) is 9.69 Å². The molecule has 100 valence electrons. The molecular formula is C15H17NO3. The van der Waals surface area contributed by atoms with E-state index in [1.54, 1.807) is 0 Å². The number of allylic oxidation sites excluding steroid dienone is 1. The SMILES string of the molecule is COC(=O)[C@@H]1Cc2ccccc2N1C(=O)C=C(C)C. The van der Waals surface area contributed by atoms with E-state index < -0.39 is 6.04 Å². The van der Waals surface area contributed by atoms with Crippen LogP contribution in [0.15, 0.2) is 35.9 Å². The predicted octanol–water partition coefficient (Wildman–Crippen LogP) is 2.08. The number of methoxy groups -OCH3 is 1. The maximum atomic E-state index is 12.3. The molecule has 0 bridgehead atoms. The first kappa shape index (κ1) is 13.3. The van der Waals surface area contributed by atoms with Crippen LogP contribution in [0.3, 0.4) is 0 Å². The van der Waals surface area contributed by atoms with Crippen LogP contribution in [0.2, 0.25) is 0 Å². The van der Waals surface area contributed by atoms with Crippen LogP contribution in [0.25, 0.3) is 0 Å². The molecule has 0 aromatic heterocycles. The summed E-state index contributed by atoms with van der Waals surface area (Å²) in [4.78, 5) is 25.7. The van der Waals surface area contributed by atoms with Crippen molar-refractivity contribution in [2.24, 2.45) is 0 Å². The van der Waals surface area contributed by atoms with E-state index in [9.17, 15) is 9.59 Å². The van der Waals surface area contributed by atoms with E-state index in [-0.39, 0.29) is 11.9 Å². The topological polar surface area (TPSA) is 46.6 Å². The van der Waals surface area contributed by atoms with Gasteiger partial charge in [0.05, 0.1) is 7.11 Å². The molecule has 1 atom stereocenters. The fourth-order valence-corrected chi connectivity index (χ4v) is 2.30. The van der Waals surface area contributed by atoms with E-state index in [2.05, 4.69) is 0 Å². The molecule has 4 heteroatoms. The number of esters is 1. The Labute approximate surface area is 112 Å².